The molecular formula is C26H24N6. The maximum Gasteiger partial charge on any atom is 0.127 e. The molecule has 2 aromatic carbocycles. The average Bonchev–Trinajstić information content (AvgIpc) is 3.27. The predicted octanol–water partition coefficient (Wildman–Crippen LogP) is 4.61. The molecule has 1 aliphatic rings. The van der Waals surface area contributed by atoms with Gasteiger partial charge in [-0.25, -0.2) is 5.01 Å². The smallest absolute Gasteiger partial charge is 0.127 e. The lowest BCUT2D eigenvalue weighted by molar-refractivity contribution is 0.624. The van der Waals surface area contributed by atoms with Crippen molar-refractivity contribution >= 4 is 17.5 Å². The van der Waals surface area contributed by atoms with E-state index >= 15 is 0 Å². The number of hydrazone groups is 1. The molecule has 0 radical (unpaired) electrons. The van der Waals surface area contributed by atoms with Crippen LogP contribution in [0, 0.1) is 49.4 Å². The van der Waals surface area contributed by atoms with Crippen LogP contribution in [0.5, 0.6) is 0 Å². The number of hydrogen-bond donors (Lipinski definition) is 1. The first-order valence-electron chi connectivity index (χ1n) is 10.4. The number of aromatic nitrogens is 1. The van der Waals surface area contributed by atoms with Crippen molar-refractivity contribution in [2.75, 3.05) is 5.01 Å². The van der Waals surface area contributed by atoms with Gasteiger partial charge in [-0.05, 0) is 68.3 Å². The first-order valence-corrected chi connectivity index (χ1v) is 10.4. The normalized spacial score (nSPS) is 18.2. The first kappa shape index (κ1) is 21.1. The van der Waals surface area contributed by atoms with Crippen molar-refractivity contribution in [1.29, 1.82) is 10.5 Å². The van der Waals surface area contributed by atoms with Gasteiger partial charge >= 0.3 is 0 Å². The van der Waals surface area contributed by atoms with Gasteiger partial charge in [0.05, 0.1) is 23.0 Å². The zero-order valence-electron chi connectivity index (χ0n) is 18.3. The molecule has 2 N–H and O–H groups in total. The minimum absolute atomic E-state index is 0.343. The highest BCUT2D eigenvalue weighted by molar-refractivity contribution is 6.11. The summed E-state index contributed by atoms with van der Waals surface area (Å²) >= 11 is 0. The molecule has 0 bridgehead atoms. The van der Waals surface area contributed by atoms with Gasteiger partial charge in [-0.2, -0.15) is 15.6 Å². The zero-order valence-corrected chi connectivity index (χ0v) is 18.3. The molecule has 0 saturated carbocycles. The zero-order chi connectivity index (χ0) is 22.8. The second kappa shape index (κ2) is 8.55. The second-order valence-electron chi connectivity index (χ2n) is 7.93. The fraction of sp³-hybridized carbons (Fsp3) is 0.192. The number of benzene rings is 2. The Morgan fingerprint density at radius 3 is 2.38 bits per heavy atom. The molecule has 0 fully saturated rings. The van der Waals surface area contributed by atoms with Gasteiger partial charge in [0.1, 0.15) is 18.2 Å². The van der Waals surface area contributed by atoms with Crippen LogP contribution in [0.15, 0.2) is 71.3 Å². The van der Waals surface area contributed by atoms with E-state index in [2.05, 4.69) is 46.9 Å². The van der Waals surface area contributed by atoms with Crippen LogP contribution in [0.2, 0.25) is 0 Å². The van der Waals surface area contributed by atoms with E-state index in [1.165, 1.54) is 5.56 Å². The quantitative estimate of drug-likeness (QED) is 0.624. The van der Waals surface area contributed by atoms with Crippen LogP contribution in [0.25, 0.3) is 11.8 Å². The van der Waals surface area contributed by atoms with Crippen molar-refractivity contribution in [3.8, 4) is 17.8 Å². The summed E-state index contributed by atoms with van der Waals surface area (Å²) in [5, 5.41) is 25.9. The molecule has 2 atom stereocenters. The minimum Gasteiger partial charge on any atom is -0.318 e. The molecule has 0 unspecified atom stereocenters. The van der Waals surface area contributed by atoms with Gasteiger partial charge in [-0.15, -0.1) is 0 Å². The highest BCUT2D eigenvalue weighted by atomic mass is 15.5. The number of nitrogens with two attached hydrogens (primary N) is 1. The lowest BCUT2D eigenvalue weighted by atomic mass is 9.95. The number of anilines is 1. The van der Waals surface area contributed by atoms with E-state index in [1.54, 1.807) is 11.1 Å². The Balaban J connectivity index is 1.77. The number of nitrogens with zero attached hydrogens (tertiary/aromatic N) is 5. The molecule has 0 spiro atoms. The molecule has 1 aromatic heterocycles. The van der Waals surface area contributed by atoms with Crippen molar-refractivity contribution < 1.29 is 0 Å². The molecule has 6 heteroatoms. The third-order valence-corrected chi connectivity index (χ3v) is 5.72. The van der Waals surface area contributed by atoms with Crippen LogP contribution >= 0.6 is 0 Å². The van der Waals surface area contributed by atoms with E-state index in [0.717, 1.165) is 28.3 Å². The topological polar surface area (TPSA) is 94.1 Å². The Morgan fingerprint density at radius 2 is 1.72 bits per heavy atom. The largest absolute Gasteiger partial charge is 0.318 e. The standard InChI is InChI=1S/C26H24N6/c1-17-8-7-11-23(12-17)31-18(2)13-20(19(31)3)14-21(15-27)25-24(16-28)26(29)32(30-25)22-9-5-4-6-10-22/h4-14,24,26H,29H2,1-3H3/b21-14-/t24-,26+/m0/s1. The number of nitriles is 2. The lowest BCUT2D eigenvalue weighted by Crippen LogP contribution is -2.40. The molecule has 4 rings (SSSR count). The SMILES string of the molecule is Cc1cccc(-n2c(C)cc(/C=C(/C#N)C3=NN(c4ccccc4)[C@@H](N)[C@H]3C#N)c2C)c1. The molecule has 158 valence electrons. The number of para-hydroxylation sites is 1. The number of aryl methyl sites for hydroxylation is 2. The van der Waals surface area contributed by atoms with E-state index in [0.29, 0.717) is 11.3 Å². The molecule has 2 heterocycles. The average molecular weight is 421 g/mol. The highest BCUT2D eigenvalue weighted by Gasteiger charge is 2.37. The van der Waals surface area contributed by atoms with E-state index in [4.69, 9.17) is 5.73 Å². The van der Waals surface area contributed by atoms with Crippen molar-refractivity contribution in [2.45, 2.75) is 26.9 Å². The maximum atomic E-state index is 9.95. The predicted molar refractivity (Wildman–Crippen MR) is 127 cm³/mol. The van der Waals surface area contributed by atoms with Gasteiger partial charge in [0.25, 0.3) is 0 Å². The summed E-state index contributed by atoms with van der Waals surface area (Å²) in [6, 6.07) is 24.2. The lowest BCUT2D eigenvalue weighted by Gasteiger charge is -2.21. The van der Waals surface area contributed by atoms with Gasteiger partial charge in [0.2, 0.25) is 0 Å². The first-order chi connectivity index (χ1) is 15.4. The van der Waals surface area contributed by atoms with Gasteiger partial charge in [-0.1, -0.05) is 30.3 Å². The maximum absolute atomic E-state index is 9.95. The van der Waals surface area contributed by atoms with Crippen LogP contribution < -0.4 is 10.7 Å². The van der Waals surface area contributed by atoms with Crippen LogP contribution in [-0.2, 0) is 0 Å². The summed E-state index contributed by atoms with van der Waals surface area (Å²) in [5.41, 5.74) is 13.1. The summed E-state index contributed by atoms with van der Waals surface area (Å²) in [5.74, 6) is -0.707. The van der Waals surface area contributed by atoms with E-state index in [-0.39, 0.29) is 0 Å². The fourth-order valence-corrected chi connectivity index (χ4v) is 4.13. The second-order valence-corrected chi connectivity index (χ2v) is 7.93. The molecular weight excluding hydrogens is 396 g/mol. The highest BCUT2D eigenvalue weighted by Crippen LogP contribution is 2.30. The Morgan fingerprint density at radius 1 is 1.00 bits per heavy atom. The molecule has 1 aliphatic heterocycles. The molecule has 0 saturated heterocycles. The molecule has 3 aromatic rings. The third kappa shape index (κ3) is 3.69. The molecule has 6 nitrogen and oxygen atoms in total. The Bertz CT molecular complexity index is 1300. The van der Waals surface area contributed by atoms with Crippen molar-refractivity contribution in [3.05, 3.63) is 88.8 Å². The van der Waals surface area contributed by atoms with Gasteiger partial charge in [0, 0.05) is 17.1 Å². The number of rotatable bonds is 4. The fourth-order valence-electron chi connectivity index (χ4n) is 4.13. The number of allylic oxidation sites excluding steroid dienone is 1. The number of hydrogen-bond acceptors (Lipinski definition) is 5. The van der Waals surface area contributed by atoms with Gasteiger partial charge in [0.15, 0.2) is 0 Å². The van der Waals surface area contributed by atoms with Crippen molar-refractivity contribution in [2.24, 2.45) is 16.8 Å². The Hall–Kier alpha value is -4.13. The van der Waals surface area contributed by atoms with Crippen molar-refractivity contribution in [3.63, 3.8) is 0 Å². The Kier molecular flexibility index (Phi) is 5.64. The monoisotopic (exact) mass is 420 g/mol. The van der Waals surface area contributed by atoms with Gasteiger partial charge < -0.3 is 10.3 Å². The summed E-state index contributed by atoms with van der Waals surface area (Å²) in [6.07, 6.45) is 1.15. The van der Waals surface area contributed by atoms with Gasteiger partial charge in [-0.3, -0.25) is 0 Å². The summed E-state index contributed by atoms with van der Waals surface area (Å²) in [7, 11) is 0. The summed E-state index contributed by atoms with van der Waals surface area (Å²) in [4.78, 5) is 0. The minimum atomic E-state index is -0.707. The molecule has 0 aliphatic carbocycles. The van der Waals surface area contributed by atoms with Crippen LogP contribution in [0.4, 0.5) is 5.69 Å². The Labute approximate surface area is 188 Å². The third-order valence-electron chi connectivity index (χ3n) is 5.72. The van der Waals surface area contributed by atoms with E-state index in [9.17, 15) is 10.5 Å². The summed E-state index contributed by atoms with van der Waals surface area (Å²) < 4.78 is 2.16. The van der Waals surface area contributed by atoms with Crippen LogP contribution in [-0.4, -0.2) is 16.4 Å². The van der Waals surface area contributed by atoms with E-state index in [1.807, 2.05) is 56.3 Å². The van der Waals surface area contributed by atoms with Crippen LogP contribution in [0.3, 0.4) is 0 Å². The molecule has 0 amide bonds. The van der Waals surface area contributed by atoms with Crippen LogP contribution in [0.1, 0.15) is 22.5 Å². The van der Waals surface area contributed by atoms with Crippen molar-refractivity contribution in [1.82, 2.24) is 4.57 Å². The van der Waals surface area contributed by atoms with E-state index < -0.39 is 12.1 Å². The summed E-state index contributed by atoms with van der Waals surface area (Å²) in [6.45, 7) is 6.13. The molecule has 32 heavy (non-hydrogen) atoms.